The molecule has 0 N–H and O–H groups in total. The quantitative estimate of drug-likeness (QED) is 0.854. The highest BCUT2D eigenvalue weighted by atomic mass is 16.5. The number of nitrogens with zero attached hydrogens (tertiary/aromatic N) is 1. The van der Waals surface area contributed by atoms with E-state index >= 15 is 0 Å². The van der Waals surface area contributed by atoms with Crippen molar-refractivity contribution in [1.29, 1.82) is 0 Å². The average Bonchev–Trinajstić information content (AvgIpc) is 2.51. The molecular weight excluding hydrogens is 250 g/mol. The van der Waals surface area contributed by atoms with Crippen LogP contribution in [-0.2, 0) is 6.54 Å². The molecule has 0 aromatic heterocycles. The number of methoxy groups -OCH3 is 1. The van der Waals surface area contributed by atoms with Crippen LogP contribution in [0.1, 0.15) is 22.3 Å². The maximum Gasteiger partial charge on any atom is 0.166 e. The number of carbonyl (C=O) groups excluding carboxylic acids is 1. The predicted molar refractivity (Wildman–Crippen MR) is 79.4 cm³/mol. The Balaban J connectivity index is 1.95. The maximum atomic E-state index is 12.0. The zero-order valence-corrected chi connectivity index (χ0v) is 11.5. The zero-order chi connectivity index (χ0) is 13.9. The lowest BCUT2D eigenvalue weighted by Crippen LogP contribution is -2.31. The molecule has 20 heavy (non-hydrogen) atoms. The van der Waals surface area contributed by atoms with Crippen LogP contribution in [0.15, 0.2) is 48.5 Å². The first-order valence-corrected chi connectivity index (χ1v) is 6.78. The van der Waals surface area contributed by atoms with Gasteiger partial charge in [0.15, 0.2) is 5.78 Å². The van der Waals surface area contributed by atoms with Crippen LogP contribution in [0.4, 0.5) is 5.69 Å². The first kappa shape index (κ1) is 12.7. The zero-order valence-electron chi connectivity index (χ0n) is 11.5. The van der Waals surface area contributed by atoms with E-state index in [1.165, 1.54) is 5.56 Å². The van der Waals surface area contributed by atoms with Gasteiger partial charge in [-0.1, -0.05) is 30.3 Å². The summed E-state index contributed by atoms with van der Waals surface area (Å²) in [6, 6.07) is 16.0. The molecule has 0 radical (unpaired) electrons. The second kappa shape index (κ2) is 5.37. The second-order valence-corrected chi connectivity index (χ2v) is 4.96. The van der Waals surface area contributed by atoms with Gasteiger partial charge in [0, 0.05) is 31.1 Å². The van der Waals surface area contributed by atoms with Crippen molar-refractivity contribution < 1.29 is 9.53 Å². The molecule has 0 bridgehead atoms. The monoisotopic (exact) mass is 267 g/mol. The standard InChI is InChI=1S/C17H17NO2/c1-20-14-7-8-15-16(11-14)18(10-9-17(15)19)12-13-5-3-2-4-6-13/h2-8,11H,9-10,12H2,1H3. The van der Waals surface area contributed by atoms with Crippen LogP contribution in [0, 0.1) is 0 Å². The van der Waals surface area contributed by atoms with E-state index in [1.54, 1.807) is 7.11 Å². The molecule has 102 valence electrons. The Hall–Kier alpha value is -2.29. The fraction of sp³-hybridized carbons (Fsp3) is 0.235. The molecule has 0 aliphatic carbocycles. The fourth-order valence-electron chi connectivity index (χ4n) is 2.60. The van der Waals surface area contributed by atoms with Gasteiger partial charge >= 0.3 is 0 Å². The Kier molecular flexibility index (Phi) is 3.42. The van der Waals surface area contributed by atoms with E-state index in [-0.39, 0.29) is 5.78 Å². The predicted octanol–water partition coefficient (Wildman–Crippen LogP) is 3.29. The lowest BCUT2D eigenvalue weighted by molar-refractivity contribution is 0.0979. The largest absolute Gasteiger partial charge is 0.497 e. The summed E-state index contributed by atoms with van der Waals surface area (Å²) >= 11 is 0. The van der Waals surface area contributed by atoms with Crippen LogP contribution in [0.3, 0.4) is 0 Å². The van der Waals surface area contributed by atoms with Gasteiger partial charge in [0.1, 0.15) is 5.75 Å². The number of rotatable bonds is 3. The summed E-state index contributed by atoms with van der Waals surface area (Å²) in [6.45, 7) is 1.57. The number of carbonyl (C=O) groups is 1. The molecule has 0 unspecified atom stereocenters. The van der Waals surface area contributed by atoms with Crippen LogP contribution < -0.4 is 9.64 Å². The third-order valence-electron chi connectivity index (χ3n) is 3.67. The smallest absolute Gasteiger partial charge is 0.166 e. The van der Waals surface area contributed by atoms with Gasteiger partial charge in [0.05, 0.1) is 12.8 Å². The highest BCUT2D eigenvalue weighted by Gasteiger charge is 2.23. The third-order valence-corrected chi connectivity index (χ3v) is 3.67. The van der Waals surface area contributed by atoms with E-state index in [4.69, 9.17) is 4.74 Å². The molecule has 2 aromatic rings. The van der Waals surface area contributed by atoms with Gasteiger partial charge in [0.25, 0.3) is 0 Å². The Morgan fingerprint density at radius 1 is 1.15 bits per heavy atom. The minimum absolute atomic E-state index is 0.215. The molecule has 0 saturated heterocycles. The molecule has 0 fully saturated rings. The van der Waals surface area contributed by atoms with E-state index in [9.17, 15) is 4.79 Å². The van der Waals surface area contributed by atoms with Crippen molar-refractivity contribution in [2.45, 2.75) is 13.0 Å². The SMILES string of the molecule is COc1ccc2c(c1)N(Cc1ccccc1)CCC2=O. The minimum Gasteiger partial charge on any atom is -0.497 e. The van der Waals surface area contributed by atoms with Gasteiger partial charge in [0.2, 0.25) is 0 Å². The van der Waals surface area contributed by atoms with Gasteiger partial charge in [-0.2, -0.15) is 0 Å². The molecule has 1 heterocycles. The van der Waals surface area contributed by atoms with Crippen LogP contribution in [0.2, 0.25) is 0 Å². The number of benzene rings is 2. The summed E-state index contributed by atoms with van der Waals surface area (Å²) in [7, 11) is 1.65. The summed E-state index contributed by atoms with van der Waals surface area (Å²) in [6.07, 6.45) is 0.576. The number of hydrogen-bond donors (Lipinski definition) is 0. The number of ketones is 1. The normalized spacial score (nSPS) is 14.1. The van der Waals surface area contributed by atoms with E-state index in [2.05, 4.69) is 17.0 Å². The molecule has 3 rings (SSSR count). The van der Waals surface area contributed by atoms with Crippen molar-refractivity contribution in [1.82, 2.24) is 0 Å². The highest BCUT2D eigenvalue weighted by Crippen LogP contribution is 2.31. The molecular formula is C17H17NO2. The second-order valence-electron chi connectivity index (χ2n) is 4.96. The first-order chi connectivity index (χ1) is 9.78. The molecule has 3 nitrogen and oxygen atoms in total. The molecule has 2 aromatic carbocycles. The van der Waals surface area contributed by atoms with Crippen LogP contribution >= 0.6 is 0 Å². The van der Waals surface area contributed by atoms with E-state index in [0.29, 0.717) is 6.42 Å². The lowest BCUT2D eigenvalue weighted by atomic mass is 9.99. The van der Waals surface area contributed by atoms with E-state index in [0.717, 1.165) is 30.1 Å². The van der Waals surface area contributed by atoms with Gasteiger partial charge < -0.3 is 9.64 Å². The van der Waals surface area contributed by atoms with Crippen molar-refractivity contribution in [2.24, 2.45) is 0 Å². The molecule has 0 atom stereocenters. The topological polar surface area (TPSA) is 29.5 Å². The molecule has 1 aliphatic heterocycles. The van der Waals surface area contributed by atoms with Gasteiger partial charge in [-0.25, -0.2) is 0 Å². The van der Waals surface area contributed by atoms with Crippen LogP contribution in [0.5, 0.6) is 5.75 Å². The van der Waals surface area contributed by atoms with Crippen molar-refractivity contribution in [3.63, 3.8) is 0 Å². The average molecular weight is 267 g/mol. The van der Waals surface area contributed by atoms with E-state index in [1.807, 2.05) is 36.4 Å². The summed E-state index contributed by atoms with van der Waals surface area (Å²) in [5.74, 6) is 1.00. The molecule has 3 heteroatoms. The summed E-state index contributed by atoms with van der Waals surface area (Å²) < 4.78 is 5.28. The number of ether oxygens (including phenoxy) is 1. The highest BCUT2D eigenvalue weighted by molar-refractivity contribution is 6.03. The fourth-order valence-corrected chi connectivity index (χ4v) is 2.60. The maximum absolute atomic E-state index is 12.0. The first-order valence-electron chi connectivity index (χ1n) is 6.78. The Bertz CT molecular complexity index is 622. The lowest BCUT2D eigenvalue weighted by Gasteiger charge is -2.31. The van der Waals surface area contributed by atoms with Gasteiger partial charge in [-0.3, -0.25) is 4.79 Å². The number of Topliss-reactive ketones (excluding diaryl/α,β-unsaturated/α-hetero) is 1. The summed E-state index contributed by atoms with van der Waals surface area (Å²) in [4.78, 5) is 14.3. The minimum atomic E-state index is 0.215. The van der Waals surface area contributed by atoms with Crippen molar-refractivity contribution in [3.8, 4) is 5.75 Å². The molecule has 1 aliphatic rings. The van der Waals surface area contributed by atoms with Crippen molar-refractivity contribution in [3.05, 3.63) is 59.7 Å². The number of hydrogen-bond acceptors (Lipinski definition) is 3. The van der Waals surface area contributed by atoms with Gasteiger partial charge in [-0.05, 0) is 17.7 Å². The summed E-state index contributed by atoms with van der Waals surface area (Å²) in [5.41, 5.74) is 3.02. The van der Waals surface area contributed by atoms with Crippen LogP contribution in [-0.4, -0.2) is 19.4 Å². The molecule has 0 saturated carbocycles. The molecule has 0 amide bonds. The van der Waals surface area contributed by atoms with Crippen LogP contribution in [0.25, 0.3) is 0 Å². The van der Waals surface area contributed by atoms with Crippen molar-refractivity contribution in [2.75, 3.05) is 18.6 Å². The number of fused-ring (bicyclic) bond motifs is 1. The van der Waals surface area contributed by atoms with E-state index < -0.39 is 0 Å². The molecule has 0 spiro atoms. The third kappa shape index (κ3) is 2.39. The van der Waals surface area contributed by atoms with Gasteiger partial charge in [-0.15, -0.1) is 0 Å². The van der Waals surface area contributed by atoms with Crippen molar-refractivity contribution >= 4 is 11.5 Å². The Morgan fingerprint density at radius 3 is 2.70 bits per heavy atom. The number of anilines is 1. The summed E-state index contributed by atoms with van der Waals surface area (Å²) in [5, 5.41) is 0. The Labute approximate surface area is 118 Å². The Morgan fingerprint density at radius 2 is 1.95 bits per heavy atom.